The third-order valence-corrected chi connectivity index (χ3v) is 3.37. The number of rotatable bonds is 4. The van der Waals surface area contributed by atoms with E-state index in [0.29, 0.717) is 28.3 Å². The highest BCUT2D eigenvalue weighted by Crippen LogP contribution is 2.26. The van der Waals surface area contributed by atoms with Gasteiger partial charge in [0, 0.05) is 11.3 Å². The fraction of sp³-hybridized carbons (Fsp3) is 0.250. The van der Waals surface area contributed by atoms with E-state index in [1.165, 1.54) is 13.2 Å². The number of carbonyl (C=O) groups is 2. The van der Waals surface area contributed by atoms with Crippen LogP contribution in [0.25, 0.3) is 0 Å². The van der Waals surface area contributed by atoms with Crippen molar-refractivity contribution in [1.29, 1.82) is 5.26 Å². The van der Waals surface area contributed by atoms with E-state index in [1.54, 1.807) is 57.2 Å². The number of methoxy groups -OCH3 is 1. The number of hydrogen-bond acceptors (Lipinski definition) is 5. The van der Waals surface area contributed by atoms with E-state index >= 15 is 0 Å². The van der Waals surface area contributed by atoms with Crippen LogP contribution in [-0.2, 0) is 4.74 Å². The standard InChI is InChI=1S/C20H21N3O4/c1-20(2,3)27-19(25)22-15-8-6-14(7-9-15)18(24)23-16-11-13(12-21)5-10-17(16)26-4/h5-11H,1-4H3,(H,22,25)(H,23,24). The van der Waals surface area contributed by atoms with Crippen molar-refractivity contribution in [2.24, 2.45) is 0 Å². The smallest absolute Gasteiger partial charge is 0.412 e. The van der Waals surface area contributed by atoms with Crippen molar-refractivity contribution >= 4 is 23.4 Å². The maximum absolute atomic E-state index is 12.4. The van der Waals surface area contributed by atoms with E-state index in [-0.39, 0.29) is 5.91 Å². The summed E-state index contributed by atoms with van der Waals surface area (Å²) in [5.41, 5.74) is 1.10. The molecule has 0 saturated carbocycles. The summed E-state index contributed by atoms with van der Waals surface area (Å²) < 4.78 is 10.4. The van der Waals surface area contributed by atoms with Crippen LogP contribution in [0.15, 0.2) is 42.5 Å². The van der Waals surface area contributed by atoms with Crippen molar-refractivity contribution < 1.29 is 19.1 Å². The third-order valence-electron chi connectivity index (χ3n) is 3.37. The van der Waals surface area contributed by atoms with Gasteiger partial charge in [-0.15, -0.1) is 0 Å². The molecule has 0 radical (unpaired) electrons. The van der Waals surface area contributed by atoms with E-state index in [2.05, 4.69) is 10.6 Å². The van der Waals surface area contributed by atoms with Crippen molar-refractivity contribution in [3.63, 3.8) is 0 Å². The van der Waals surface area contributed by atoms with Gasteiger partial charge >= 0.3 is 6.09 Å². The molecule has 2 amide bonds. The summed E-state index contributed by atoms with van der Waals surface area (Å²) in [5, 5.41) is 14.3. The second kappa shape index (κ2) is 8.23. The summed E-state index contributed by atoms with van der Waals surface area (Å²) in [4.78, 5) is 24.2. The van der Waals surface area contributed by atoms with Crippen LogP contribution in [0.1, 0.15) is 36.7 Å². The molecule has 0 spiro atoms. The molecule has 0 aliphatic carbocycles. The minimum atomic E-state index is -0.596. The van der Waals surface area contributed by atoms with Crippen LogP contribution in [0.5, 0.6) is 5.75 Å². The van der Waals surface area contributed by atoms with Crippen molar-refractivity contribution in [3.05, 3.63) is 53.6 Å². The Kier molecular flexibility index (Phi) is 6.03. The van der Waals surface area contributed by atoms with Gasteiger partial charge in [0.2, 0.25) is 0 Å². The van der Waals surface area contributed by atoms with Gasteiger partial charge in [0.05, 0.1) is 24.4 Å². The summed E-state index contributed by atoms with van der Waals surface area (Å²) >= 11 is 0. The molecule has 2 rings (SSSR count). The molecule has 2 aromatic rings. The lowest BCUT2D eigenvalue weighted by molar-refractivity contribution is 0.0636. The van der Waals surface area contributed by atoms with Gasteiger partial charge in [-0.3, -0.25) is 10.1 Å². The fourth-order valence-corrected chi connectivity index (χ4v) is 2.20. The second-order valence-electron chi connectivity index (χ2n) is 6.69. The van der Waals surface area contributed by atoms with Gasteiger partial charge in [-0.1, -0.05) is 0 Å². The van der Waals surface area contributed by atoms with Crippen molar-refractivity contribution in [2.75, 3.05) is 17.7 Å². The lowest BCUT2D eigenvalue weighted by atomic mass is 10.1. The van der Waals surface area contributed by atoms with Gasteiger partial charge in [0.1, 0.15) is 11.4 Å². The zero-order valence-corrected chi connectivity index (χ0v) is 15.6. The summed E-state index contributed by atoms with van der Waals surface area (Å²) in [7, 11) is 1.48. The van der Waals surface area contributed by atoms with Crippen LogP contribution in [0.4, 0.5) is 16.2 Å². The van der Waals surface area contributed by atoms with Crippen LogP contribution >= 0.6 is 0 Å². The first-order valence-corrected chi connectivity index (χ1v) is 8.21. The maximum atomic E-state index is 12.4. The van der Waals surface area contributed by atoms with Crippen molar-refractivity contribution in [2.45, 2.75) is 26.4 Å². The van der Waals surface area contributed by atoms with Crippen LogP contribution < -0.4 is 15.4 Å². The Hall–Kier alpha value is -3.53. The number of anilines is 2. The number of nitriles is 1. The maximum Gasteiger partial charge on any atom is 0.412 e. The molecule has 2 aromatic carbocycles. The molecule has 7 heteroatoms. The minimum Gasteiger partial charge on any atom is -0.495 e. The number of carbonyl (C=O) groups excluding carboxylic acids is 2. The highest BCUT2D eigenvalue weighted by atomic mass is 16.6. The normalized spacial score (nSPS) is 10.5. The predicted molar refractivity (Wildman–Crippen MR) is 102 cm³/mol. The molecule has 2 N–H and O–H groups in total. The van der Waals surface area contributed by atoms with Gasteiger partial charge in [-0.25, -0.2) is 4.79 Å². The molecule has 0 atom stereocenters. The fourth-order valence-electron chi connectivity index (χ4n) is 2.20. The Morgan fingerprint density at radius 2 is 1.70 bits per heavy atom. The largest absolute Gasteiger partial charge is 0.495 e. The number of nitrogens with zero attached hydrogens (tertiary/aromatic N) is 1. The van der Waals surface area contributed by atoms with E-state index < -0.39 is 11.7 Å². The van der Waals surface area contributed by atoms with E-state index in [0.717, 1.165) is 0 Å². The van der Waals surface area contributed by atoms with Gasteiger partial charge in [0.15, 0.2) is 0 Å². The SMILES string of the molecule is COc1ccc(C#N)cc1NC(=O)c1ccc(NC(=O)OC(C)(C)C)cc1. The molecular weight excluding hydrogens is 346 g/mol. The van der Waals surface area contributed by atoms with Gasteiger partial charge in [-0.05, 0) is 63.2 Å². The Balaban J connectivity index is 2.08. The summed E-state index contributed by atoms with van der Waals surface area (Å²) in [5.74, 6) is 0.0813. The highest BCUT2D eigenvalue weighted by Gasteiger charge is 2.16. The molecule has 0 saturated heterocycles. The predicted octanol–water partition coefficient (Wildman–Crippen LogP) is 4.17. The van der Waals surface area contributed by atoms with E-state index in [4.69, 9.17) is 14.7 Å². The molecule has 0 aliphatic heterocycles. The lowest BCUT2D eigenvalue weighted by Gasteiger charge is -2.19. The lowest BCUT2D eigenvalue weighted by Crippen LogP contribution is -2.27. The first-order chi connectivity index (χ1) is 12.7. The average Bonchev–Trinajstić information content (AvgIpc) is 2.60. The molecule has 0 heterocycles. The number of ether oxygens (including phenoxy) is 2. The van der Waals surface area contributed by atoms with E-state index in [9.17, 15) is 9.59 Å². The topological polar surface area (TPSA) is 100 Å². The van der Waals surface area contributed by atoms with Crippen LogP contribution in [0, 0.1) is 11.3 Å². The molecule has 7 nitrogen and oxygen atoms in total. The minimum absolute atomic E-state index is 0.368. The Bertz CT molecular complexity index is 878. The molecule has 0 aromatic heterocycles. The molecule has 27 heavy (non-hydrogen) atoms. The Labute approximate surface area is 157 Å². The summed E-state index contributed by atoms with van der Waals surface area (Å²) in [6.45, 7) is 5.32. The summed E-state index contributed by atoms with van der Waals surface area (Å²) in [6, 6.07) is 13.1. The van der Waals surface area contributed by atoms with Gasteiger partial charge < -0.3 is 14.8 Å². The zero-order valence-electron chi connectivity index (χ0n) is 15.6. The molecule has 0 unspecified atom stereocenters. The third kappa shape index (κ3) is 5.75. The second-order valence-corrected chi connectivity index (χ2v) is 6.69. The monoisotopic (exact) mass is 367 g/mol. The Morgan fingerprint density at radius 1 is 1.04 bits per heavy atom. The number of nitrogens with one attached hydrogen (secondary N) is 2. The zero-order chi connectivity index (χ0) is 20.0. The van der Waals surface area contributed by atoms with Gasteiger partial charge in [-0.2, -0.15) is 5.26 Å². The van der Waals surface area contributed by atoms with Crippen LogP contribution in [-0.4, -0.2) is 24.7 Å². The number of hydrogen-bond donors (Lipinski definition) is 2. The molecular formula is C20H21N3O4. The molecule has 0 fully saturated rings. The van der Waals surface area contributed by atoms with Crippen LogP contribution in [0.2, 0.25) is 0 Å². The number of amides is 2. The van der Waals surface area contributed by atoms with Crippen LogP contribution in [0.3, 0.4) is 0 Å². The first-order valence-electron chi connectivity index (χ1n) is 8.21. The number of benzene rings is 2. The average molecular weight is 367 g/mol. The van der Waals surface area contributed by atoms with Gasteiger partial charge in [0.25, 0.3) is 5.91 Å². The molecule has 140 valence electrons. The van der Waals surface area contributed by atoms with E-state index in [1.807, 2.05) is 6.07 Å². The quantitative estimate of drug-likeness (QED) is 0.845. The van der Waals surface area contributed by atoms with Crippen molar-refractivity contribution in [3.8, 4) is 11.8 Å². The van der Waals surface area contributed by atoms with Crippen molar-refractivity contribution in [1.82, 2.24) is 0 Å². The highest BCUT2D eigenvalue weighted by molar-refractivity contribution is 6.05. The Morgan fingerprint density at radius 3 is 2.26 bits per heavy atom. The first kappa shape index (κ1) is 19.8. The summed E-state index contributed by atoms with van der Waals surface area (Å²) in [6.07, 6.45) is -0.572. The molecule has 0 bridgehead atoms. The molecule has 0 aliphatic rings.